The summed E-state index contributed by atoms with van der Waals surface area (Å²) < 4.78 is 26.6. The monoisotopic (exact) mass is 1220 g/mol. The molecule has 0 N–H and O–H groups in total. The Labute approximate surface area is 549 Å². The molecule has 0 bridgehead atoms. The first-order chi connectivity index (χ1) is 43.1. The van der Waals surface area contributed by atoms with E-state index in [1.807, 2.05) is 12.1 Å². The third-order valence-corrected chi connectivity index (χ3v) is 21.6. The van der Waals surface area contributed by atoms with Crippen LogP contribution in [0.2, 0.25) is 0 Å². The van der Waals surface area contributed by atoms with E-state index in [4.69, 9.17) is 0 Å². The lowest BCUT2D eigenvalue weighted by Gasteiger charge is -2.45. The smallest absolute Gasteiger partial charge is 0.207 e. The predicted molar refractivity (Wildman–Crippen MR) is 395 cm³/mol. The van der Waals surface area contributed by atoms with Gasteiger partial charge in [0.1, 0.15) is 0 Å². The van der Waals surface area contributed by atoms with Crippen LogP contribution in [0.15, 0.2) is 182 Å². The molecule has 0 atom stereocenters. The fourth-order valence-electron chi connectivity index (χ4n) is 16.5. The Hall–Kier alpha value is -6.64. The van der Waals surface area contributed by atoms with Crippen LogP contribution >= 0.6 is 0 Å². The molecule has 3 fully saturated rings. The lowest BCUT2D eigenvalue weighted by atomic mass is 9.60. The van der Waals surface area contributed by atoms with Gasteiger partial charge in [0.2, 0.25) is 5.92 Å². The fraction of sp³-hybridized carbons (Fsp3) is 0.438. The minimum absolute atomic E-state index is 0.0277. The zero-order valence-corrected chi connectivity index (χ0v) is 58.8. The quantitative estimate of drug-likeness (QED) is 0.135. The van der Waals surface area contributed by atoms with Gasteiger partial charge < -0.3 is 0 Å². The first-order valence-electron chi connectivity index (χ1n) is 35.0. The van der Waals surface area contributed by atoms with Crippen LogP contribution in [-0.2, 0) is 17.3 Å². The molecule has 3 aliphatic rings. The van der Waals surface area contributed by atoms with Crippen LogP contribution in [0.3, 0.4) is 0 Å². The topological polar surface area (TPSA) is 0 Å². The average molecular weight is 1220 g/mol. The summed E-state index contributed by atoms with van der Waals surface area (Å²) in [6, 6.07) is 66.5. The Balaban J connectivity index is 0.000000135. The van der Waals surface area contributed by atoms with Crippen LogP contribution in [0.4, 0.5) is 8.78 Å². The van der Waals surface area contributed by atoms with Gasteiger partial charge in [0.05, 0.1) is 0 Å². The number of fused-ring (bicyclic) bond motifs is 5. The summed E-state index contributed by atoms with van der Waals surface area (Å²) >= 11 is 0. The van der Waals surface area contributed by atoms with Crippen LogP contribution in [0, 0.1) is 50.9 Å². The molecule has 480 valence electrons. The first kappa shape index (κ1) is 68.7. The largest absolute Gasteiger partial charge is 0.248 e. The summed E-state index contributed by atoms with van der Waals surface area (Å²) in [7, 11) is 0. The van der Waals surface area contributed by atoms with Crippen LogP contribution in [0.25, 0.3) is 53.9 Å². The number of benzene rings is 10. The Morgan fingerprint density at radius 1 is 0.396 bits per heavy atom. The third-order valence-electron chi connectivity index (χ3n) is 21.6. The molecule has 10 aromatic carbocycles. The van der Waals surface area contributed by atoms with E-state index in [0.717, 1.165) is 0 Å². The van der Waals surface area contributed by atoms with E-state index in [-0.39, 0.29) is 24.2 Å². The molecule has 10 aromatic rings. The highest BCUT2D eigenvalue weighted by atomic mass is 19.3. The van der Waals surface area contributed by atoms with Crippen LogP contribution in [0.5, 0.6) is 0 Å². The van der Waals surface area contributed by atoms with Crippen molar-refractivity contribution in [3.05, 3.63) is 238 Å². The molecule has 0 nitrogen and oxygen atoms in total. The zero-order chi connectivity index (χ0) is 65.5. The maximum absolute atomic E-state index is 13.3. The number of hydrogen-bond acceptors (Lipinski definition) is 0. The van der Waals surface area contributed by atoms with Crippen molar-refractivity contribution in [1.82, 2.24) is 0 Å². The number of rotatable bonds is 9. The van der Waals surface area contributed by atoms with Crippen molar-refractivity contribution in [2.45, 2.75) is 236 Å². The Kier molecular flexibility index (Phi) is 21.7. The van der Waals surface area contributed by atoms with Crippen molar-refractivity contribution in [1.29, 1.82) is 0 Å². The van der Waals surface area contributed by atoms with E-state index < -0.39 is 5.92 Å². The van der Waals surface area contributed by atoms with Crippen molar-refractivity contribution in [2.24, 2.45) is 16.2 Å². The standard InChI is InChI=1S/C21H28.C18H22.C17H18F2.C17H22.C16H20/c1-15-10-16-8-6-7-9-18(16)19(11-15)17-12-20(2,3)14-21(4,5)13-17;1-14-11-15-7-3-4-8-17(15)16(12-14)13-18(2)9-5-6-10-18;1-12-10-14-4-2-3-5-15(14)16(11-12)13-6-8-17(18,19)9-7-13;1-5-17(4,6-2)16-12-13(3)11-14-9-7-8-10-15(14)16;1-5-16(3,4)15-11-12(2)10-13-8-6-7-9-14(13)15/h6-11,17H,12-14H2,1-5H3;3-4,7-8,11-12H,5-6,9-10,13H2,1-2H3;2-5,10-11,13H,6-9H2,1H3;7-12H,5-6H2,1-4H3;6-11H,5H2,1-4H3. The van der Waals surface area contributed by atoms with Crippen molar-refractivity contribution in [3.63, 3.8) is 0 Å². The summed E-state index contributed by atoms with van der Waals surface area (Å²) in [6.07, 6.45) is 15.6. The molecule has 0 spiro atoms. The summed E-state index contributed by atoms with van der Waals surface area (Å²) in [5.74, 6) is -1.48. The normalized spacial score (nSPS) is 17.1. The second kappa shape index (κ2) is 28.7. The zero-order valence-electron chi connectivity index (χ0n) is 58.8. The van der Waals surface area contributed by atoms with Gasteiger partial charge in [-0.15, -0.1) is 0 Å². The molecular formula is C89H110F2. The van der Waals surface area contributed by atoms with Gasteiger partial charge >= 0.3 is 0 Å². The molecular weight excluding hydrogens is 1110 g/mol. The molecule has 13 rings (SSSR count). The fourth-order valence-corrected chi connectivity index (χ4v) is 16.5. The molecule has 0 radical (unpaired) electrons. The molecule has 0 amide bonds. The molecule has 2 heteroatoms. The maximum atomic E-state index is 13.3. The minimum Gasteiger partial charge on any atom is -0.207 e. The molecule has 0 unspecified atom stereocenters. The van der Waals surface area contributed by atoms with E-state index in [0.29, 0.717) is 40.4 Å². The Morgan fingerprint density at radius 2 is 0.747 bits per heavy atom. The van der Waals surface area contributed by atoms with E-state index in [2.05, 4.69) is 281 Å². The molecule has 3 saturated carbocycles. The van der Waals surface area contributed by atoms with E-state index in [1.54, 1.807) is 11.1 Å². The second-order valence-electron chi connectivity index (χ2n) is 31.3. The molecule has 0 saturated heterocycles. The number of aryl methyl sites for hydroxylation is 5. The van der Waals surface area contributed by atoms with Gasteiger partial charge in [-0.05, 0) is 226 Å². The van der Waals surface area contributed by atoms with E-state index >= 15 is 0 Å². The minimum atomic E-state index is -2.45. The SMILES string of the molecule is CCC(C)(C)c1cc(C)cc2ccccc12.CCC(C)(CC)c1cc(C)cc2ccccc12.Cc1cc(C2CC(C)(C)CC(C)(C)C2)c2ccccc2c1.Cc1cc(C2CCC(F)(F)CC2)c2ccccc2c1.Cc1cc(CC2(C)CCCC2)c2ccccc2c1. The Morgan fingerprint density at radius 3 is 1.19 bits per heavy atom. The average Bonchev–Trinajstić information content (AvgIpc) is 1.65. The molecule has 0 aromatic heterocycles. The van der Waals surface area contributed by atoms with Gasteiger partial charge in [0, 0.05) is 12.8 Å². The highest BCUT2D eigenvalue weighted by Gasteiger charge is 2.40. The van der Waals surface area contributed by atoms with Crippen LogP contribution < -0.4 is 0 Å². The highest BCUT2D eigenvalue weighted by molar-refractivity contribution is 5.90. The van der Waals surface area contributed by atoms with Crippen molar-refractivity contribution < 1.29 is 8.78 Å². The van der Waals surface area contributed by atoms with Crippen LogP contribution in [0.1, 0.15) is 234 Å². The van der Waals surface area contributed by atoms with E-state index in [9.17, 15) is 8.78 Å². The first-order valence-corrected chi connectivity index (χ1v) is 35.0. The maximum Gasteiger partial charge on any atom is 0.248 e. The Bertz CT molecular complexity index is 4050. The summed E-state index contributed by atoms with van der Waals surface area (Å²) in [5, 5.41) is 13.7. The molecule has 0 aliphatic heterocycles. The lowest BCUT2D eigenvalue weighted by Crippen LogP contribution is -2.33. The summed E-state index contributed by atoms with van der Waals surface area (Å²) in [5.41, 5.74) is 16.1. The summed E-state index contributed by atoms with van der Waals surface area (Å²) in [4.78, 5) is 0. The molecule has 0 heterocycles. The van der Waals surface area contributed by atoms with E-state index in [1.165, 1.54) is 169 Å². The van der Waals surface area contributed by atoms with Gasteiger partial charge in [-0.1, -0.05) is 299 Å². The predicted octanol–water partition coefficient (Wildman–Crippen LogP) is 27.2. The van der Waals surface area contributed by atoms with Crippen molar-refractivity contribution in [2.75, 3.05) is 0 Å². The van der Waals surface area contributed by atoms with Gasteiger partial charge in [0.25, 0.3) is 0 Å². The highest BCUT2D eigenvalue weighted by Crippen LogP contribution is 2.53. The van der Waals surface area contributed by atoms with Crippen molar-refractivity contribution in [3.8, 4) is 0 Å². The van der Waals surface area contributed by atoms with Gasteiger partial charge in [-0.2, -0.15) is 0 Å². The van der Waals surface area contributed by atoms with Gasteiger partial charge in [-0.3, -0.25) is 0 Å². The number of hydrogen-bond donors (Lipinski definition) is 0. The number of halogens is 2. The molecule has 3 aliphatic carbocycles. The lowest BCUT2D eigenvalue weighted by molar-refractivity contribution is -0.0381. The molecule has 91 heavy (non-hydrogen) atoms. The number of alkyl halides is 2. The van der Waals surface area contributed by atoms with Crippen LogP contribution in [-0.4, -0.2) is 5.92 Å². The van der Waals surface area contributed by atoms with Crippen molar-refractivity contribution >= 4 is 53.9 Å². The van der Waals surface area contributed by atoms with Gasteiger partial charge in [0.15, 0.2) is 0 Å². The third kappa shape index (κ3) is 17.2. The second-order valence-corrected chi connectivity index (χ2v) is 31.3. The van der Waals surface area contributed by atoms with Gasteiger partial charge in [-0.25, -0.2) is 8.78 Å². The summed E-state index contributed by atoms with van der Waals surface area (Å²) in [6.45, 7) is 37.0.